The highest BCUT2D eigenvalue weighted by molar-refractivity contribution is 5.91. The van der Waals surface area contributed by atoms with Crippen LogP contribution in [0.2, 0.25) is 0 Å². The fourth-order valence-corrected chi connectivity index (χ4v) is 2.76. The molecule has 0 spiro atoms. The predicted molar refractivity (Wildman–Crippen MR) is 105 cm³/mol. The van der Waals surface area contributed by atoms with E-state index in [1.165, 1.54) is 13.0 Å². The van der Waals surface area contributed by atoms with E-state index >= 15 is 0 Å². The van der Waals surface area contributed by atoms with Crippen molar-refractivity contribution < 1.29 is 9.59 Å². The van der Waals surface area contributed by atoms with Gasteiger partial charge in [0.25, 0.3) is 0 Å². The van der Waals surface area contributed by atoms with Gasteiger partial charge in [-0.3, -0.25) is 14.9 Å². The largest absolute Gasteiger partial charge is 0.346 e. The van der Waals surface area contributed by atoms with Crippen LogP contribution >= 0.6 is 0 Å². The van der Waals surface area contributed by atoms with Crippen LogP contribution in [-0.2, 0) is 23.2 Å². The second-order valence-corrected chi connectivity index (χ2v) is 6.30. The van der Waals surface area contributed by atoms with Gasteiger partial charge < -0.3 is 9.47 Å². The number of fused-ring (bicyclic) bond motifs is 1. The second-order valence-electron chi connectivity index (χ2n) is 6.30. The SMILES string of the molecule is CC(=O)Nc1ncc(/C=C/C(=O)N(C)Cc2cc3ccccc3n2C)cn1. The van der Waals surface area contributed by atoms with Crippen LogP contribution in [0.1, 0.15) is 18.2 Å². The molecule has 2 amide bonds. The van der Waals surface area contributed by atoms with Crippen molar-refractivity contribution in [3.63, 3.8) is 0 Å². The van der Waals surface area contributed by atoms with E-state index in [4.69, 9.17) is 0 Å². The summed E-state index contributed by atoms with van der Waals surface area (Å²) in [6.07, 6.45) is 6.23. The Morgan fingerprint density at radius 2 is 1.93 bits per heavy atom. The number of hydrogen-bond donors (Lipinski definition) is 1. The smallest absolute Gasteiger partial charge is 0.246 e. The van der Waals surface area contributed by atoms with Gasteiger partial charge >= 0.3 is 0 Å². The second kappa shape index (κ2) is 7.82. The minimum absolute atomic E-state index is 0.119. The van der Waals surface area contributed by atoms with Gasteiger partial charge in [0.1, 0.15) is 0 Å². The van der Waals surface area contributed by atoms with Crippen LogP contribution in [-0.4, -0.2) is 38.3 Å². The highest BCUT2D eigenvalue weighted by Crippen LogP contribution is 2.19. The molecule has 2 aromatic heterocycles. The summed E-state index contributed by atoms with van der Waals surface area (Å²) in [7, 11) is 3.76. The van der Waals surface area contributed by atoms with Crippen LogP contribution in [0, 0.1) is 0 Å². The minimum Gasteiger partial charge on any atom is -0.346 e. The van der Waals surface area contributed by atoms with E-state index < -0.39 is 0 Å². The number of hydrogen-bond acceptors (Lipinski definition) is 4. The van der Waals surface area contributed by atoms with E-state index in [2.05, 4.69) is 38.1 Å². The Kier molecular flexibility index (Phi) is 5.30. The first kappa shape index (κ1) is 18.3. The number of carbonyl (C=O) groups excluding carboxylic acids is 2. The van der Waals surface area contributed by atoms with Crippen molar-refractivity contribution in [2.24, 2.45) is 7.05 Å². The van der Waals surface area contributed by atoms with E-state index in [1.54, 1.807) is 30.4 Å². The lowest BCUT2D eigenvalue weighted by Crippen LogP contribution is -2.25. The molecule has 3 aromatic rings. The van der Waals surface area contributed by atoms with E-state index in [0.717, 1.165) is 16.6 Å². The number of nitrogens with zero attached hydrogens (tertiary/aromatic N) is 4. The molecule has 7 nitrogen and oxygen atoms in total. The number of aromatic nitrogens is 3. The maximum Gasteiger partial charge on any atom is 0.246 e. The van der Waals surface area contributed by atoms with Gasteiger partial charge in [-0.15, -0.1) is 0 Å². The van der Waals surface area contributed by atoms with Crippen LogP contribution in [0.4, 0.5) is 5.95 Å². The average Bonchev–Trinajstić information content (AvgIpc) is 2.96. The first-order valence-corrected chi connectivity index (χ1v) is 8.50. The van der Waals surface area contributed by atoms with Gasteiger partial charge in [-0.2, -0.15) is 0 Å². The van der Waals surface area contributed by atoms with Crippen LogP contribution < -0.4 is 5.32 Å². The van der Waals surface area contributed by atoms with E-state index in [0.29, 0.717) is 12.1 Å². The number of rotatable bonds is 5. The summed E-state index contributed by atoms with van der Waals surface area (Å²) in [5, 5.41) is 3.65. The van der Waals surface area contributed by atoms with Gasteiger partial charge in [0.2, 0.25) is 17.8 Å². The number of anilines is 1. The maximum atomic E-state index is 12.4. The van der Waals surface area contributed by atoms with Crippen molar-refractivity contribution in [2.75, 3.05) is 12.4 Å². The van der Waals surface area contributed by atoms with Gasteiger partial charge in [-0.05, 0) is 23.6 Å². The Labute approximate surface area is 157 Å². The van der Waals surface area contributed by atoms with Crippen LogP contribution in [0.3, 0.4) is 0 Å². The molecule has 0 saturated carbocycles. The molecule has 7 heteroatoms. The Morgan fingerprint density at radius 3 is 2.59 bits per heavy atom. The molecular formula is C20H21N5O2. The van der Waals surface area contributed by atoms with E-state index in [-0.39, 0.29) is 17.8 Å². The zero-order valence-electron chi connectivity index (χ0n) is 15.5. The number of para-hydroxylation sites is 1. The first-order valence-electron chi connectivity index (χ1n) is 8.50. The molecular weight excluding hydrogens is 342 g/mol. The van der Waals surface area contributed by atoms with Crippen molar-refractivity contribution in [3.8, 4) is 0 Å². The monoisotopic (exact) mass is 363 g/mol. The number of amides is 2. The molecule has 0 atom stereocenters. The Bertz CT molecular complexity index is 1000. The summed E-state index contributed by atoms with van der Waals surface area (Å²) in [6.45, 7) is 1.90. The molecule has 0 aliphatic heterocycles. The molecule has 0 radical (unpaired) electrons. The van der Waals surface area contributed by atoms with Crippen molar-refractivity contribution in [1.29, 1.82) is 0 Å². The third kappa shape index (κ3) is 4.38. The molecule has 1 N–H and O–H groups in total. The van der Waals surface area contributed by atoms with Crippen molar-refractivity contribution in [1.82, 2.24) is 19.4 Å². The van der Waals surface area contributed by atoms with E-state index in [1.807, 2.05) is 19.2 Å². The van der Waals surface area contributed by atoms with Gasteiger partial charge in [-0.1, -0.05) is 18.2 Å². The number of aryl methyl sites for hydroxylation is 1. The molecule has 3 rings (SSSR count). The standard InChI is InChI=1S/C20H21N5O2/c1-14(26)23-20-21-11-15(12-22-20)8-9-19(27)24(2)13-17-10-16-6-4-5-7-18(16)25(17)3/h4-12H,13H2,1-3H3,(H,21,22,23,26)/b9-8+. The normalized spacial score (nSPS) is 11.1. The Hall–Kier alpha value is -3.48. The fourth-order valence-electron chi connectivity index (χ4n) is 2.76. The molecule has 0 aliphatic rings. The lowest BCUT2D eigenvalue weighted by atomic mass is 10.2. The molecule has 0 aliphatic carbocycles. The zero-order chi connectivity index (χ0) is 19.4. The molecule has 0 unspecified atom stereocenters. The summed E-state index contributed by atoms with van der Waals surface area (Å²) in [4.78, 5) is 33.0. The quantitative estimate of drug-likeness (QED) is 0.707. The van der Waals surface area contributed by atoms with Crippen molar-refractivity contribution >= 4 is 34.7 Å². The number of carbonyl (C=O) groups is 2. The lowest BCUT2D eigenvalue weighted by molar-refractivity contribution is -0.125. The van der Waals surface area contributed by atoms with E-state index in [9.17, 15) is 9.59 Å². The van der Waals surface area contributed by atoms with Crippen LogP contribution in [0.25, 0.3) is 17.0 Å². The predicted octanol–water partition coefficient (Wildman–Crippen LogP) is 2.60. The van der Waals surface area contributed by atoms with Gasteiger partial charge in [0.05, 0.1) is 6.54 Å². The van der Waals surface area contributed by atoms with Crippen molar-refractivity contribution in [3.05, 3.63) is 60.1 Å². The number of likely N-dealkylation sites (N-methyl/N-ethyl adjacent to an activating group) is 1. The highest BCUT2D eigenvalue weighted by atomic mass is 16.2. The molecule has 27 heavy (non-hydrogen) atoms. The fraction of sp³-hybridized carbons (Fsp3) is 0.200. The number of nitrogens with one attached hydrogen (secondary N) is 1. The summed E-state index contributed by atoms with van der Waals surface area (Å²) < 4.78 is 2.09. The van der Waals surface area contributed by atoms with Gasteiger partial charge in [-0.25, -0.2) is 9.97 Å². The van der Waals surface area contributed by atoms with Gasteiger partial charge in [0.15, 0.2) is 0 Å². The van der Waals surface area contributed by atoms with Crippen molar-refractivity contribution in [2.45, 2.75) is 13.5 Å². The molecule has 1 aromatic carbocycles. The minimum atomic E-state index is -0.233. The Morgan fingerprint density at radius 1 is 1.22 bits per heavy atom. The molecule has 0 fully saturated rings. The number of benzene rings is 1. The van der Waals surface area contributed by atoms with Crippen LogP contribution in [0.15, 0.2) is 48.8 Å². The average molecular weight is 363 g/mol. The first-order chi connectivity index (χ1) is 12.9. The summed E-state index contributed by atoms with van der Waals surface area (Å²) in [5.41, 5.74) is 2.87. The third-order valence-corrected chi connectivity index (χ3v) is 4.20. The topological polar surface area (TPSA) is 80.1 Å². The highest BCUT2D eigenvalue weighted by Gasteiger charge is 2.10. The molecule has 0 bridgehead atoms. The molecule has 2 heterocycles. The Balaban J connectivity index is 1.65. The third-order valence-electron chi connectivity index (χ3n) is 4.20. The lowest BCUT2D eigenvalue weighted by Gasteiger charge is -2.15. The summed E-state index contributed by atoms with van der Waals surface area (Å²) >= 11 is 0. The maximum absolute atomic E-state index is 12.4. The summed E-state index contributed by atoms with van der Waals surface area (Å²) in [6, 6.07) is 10.2. The van der Waals surface area contributed by atoms with Gasteiger partial charge in [0, 0.05) is 56.3 Å². The zero-order valence-corrected chi connectivity index (χ0v) is 15.5. The van der Waals surface area contributed by atoms with Crippen LogP contribution in [0.5, 0.6) is 0 Å². The summed E-state index contributed by atoms with van der Waals surface area (Å²) in [5.74, 6) is -0.117. The molecule has 138 valence electrons. The molecule has 0 saturated heterocycles.